The lowest BCUT2D eigenvalue weighted by atomic mass is 9.75. The van der Waals surface area contributed by atoms with E-state index in [4.69, 9.17) is 4.74 Å². The molecule has 0 aromatic heterocycles. The second-order valence-electron chi connectivity index (χ2n) is 4.18. The van der Waals surface area contributed by atoms with E-state index in [0.717, 1.165) is 25.7 Å². The van der Waals surface area contributed by atoms with Crippen molar-refractivity contribution in [3.05, 3.63) is 12.8 Å². The Balaban J connectivity index is 2.86. The molecule has 0 amide bonds. The zero-order chi connectivity index (χ0) is 11.3. The Labute approximate surface area is 91.9 Å². The van der Waals surface area contributed by atoms with Gasteiger partial charge in [-0.3, -0.25) is 4.79 Å². The predicted molar refractivity (Wildman–Crippen MR) is 60.3 cm³/mol. The first-order valence-corrected chi connectivity index (χ1v) is 5.75. The summed E-state index contributed by atoms with van der Waals surface area (Å²) in [7, 11) is 0. The van der Waals surface area contributed by atoms with Gasteiger partial charge in [0.05, 0.1) is 11.5 Å². The van der Waals surface area contributed by atoms with Gasteiger partial charge in [-0.15, -0.1) is 0 Å². The molecule has 1 saturated heterocycles. The zero-order valence-electron chi connectivity index (χ0n) is 9.71. The topological polar surface area (TPSA) is 38.3 Å². The molecule has 0 aromatic carbocycles. The minimum absolute atomic E-state index is 0.0365. The molecule has 0 unspecified atom stereocenters. The second-order valence-corrected chi connectivity index (χ2v) is 4.18. The minimum Gasteiger partial charge on any atom is -0.463 e. The van der Waals surface area contributed by atoms with Crippen LogP contribution in [0.4, 0.5) is 0 Å². The van der Waals surface area contributed by atoms with Crippen LogP contribution in [0.15, 0.2) is 12.8 Å². The lowest BCUT2D eigenvalue weighted by Crippen LogP contribution is -2.44. The first-order chi connectivity index (χ1) is 7.21. The van der Waals surface area contributed by atoms with Crippen molar-refractivity contribution < 1.29 is 9.53 Å². The Bertz CT molecular complexity index is 232. The van der Waals surface area contributed by atoms with Crippen LogP contribution >= 0.6 is 0 Å². The van der Waals surface area contributed by atoms with Gasteiger partial charge < -0.3 is 10.1 Å². The van der Waals surface area contributed by atoms with Crippen LogP contribution in [0.2, 0.25) is 0 Å². The monoisotopic (exact) mass is 211 g/mol. The Kier molecular flexibility index (Phi) is 4.18. The van der Waals surface area contributed by atoms with Gasteiger partial charge in [-0.25, -0.2) is 0 Å². The number of nitrogens with one attached hydrogen (secondary N) is 1. The summed E-state index contributed by atoms with van der Waals surface area (Å²) < 4.78 is 5.19. The van der Waals surface area contributed by atoms with E-state index in [1.54, 1.807) is 6.20 Å². The van der Waals surface area contributed by atoms with Crippen LogP contribution < -0.4 is 5.32 Å². The van der Waals surface area contributed by atoms with Crippen molar-refractivity contribution in [1.29, 1.82) is 0 Å². The molecular formula is C12H21NO2. The summed E-state index contributed by atoms with van der Waals surface area (Å²) in [6.07, 6.45) is 5.46. The summed E-state index contributed by atoms with van der Waals surface area (Å²) in [6, 6.07) is 0.0994. The summed E-state index contributed by atoms with van der Waals surface area (Å²) in [4.78, 5) is 11.9. The van der Waals surface area contributed by atoms with Crippen molar-refractivity contribution in [2.45, 2.75) is 45.6 Å². The highest BCUT2D eigenvalue weighted by molar-refractivity contribution is 5.80. The van der Waals surface area contributed by atoms with Gasteiger partial charge in [-0.1, -0.05) is 33.3 Å². The largest absolute Gasteiger partial charge is 0.463 e. The average Bonchev–Trinajstić information content (AvgIpc) is 2.49. The van der Waals surface area contributed by atoms with Gasteiger partial charge in [-0.2, -0.15) is 0 Å². The van der Waals surface area contributed by atoms with Crippen LogP contribution in [0.5, 0.6) is 0 Å². The number of hydrogen-bond acceptors (Lipinski definition) is 3. The fourth-order valence-corrected chi connectivity index (χ4v) is 2.52. The first-order valence-electron chi connectivity index (χ1n) is 5.75. The van der Waals surface area contributed by atoms with E-state index in [1.165, 1.54) is 0 Å². The highest BCUT2D eigenvalue weighted by atomic mass is 16.5. The molecule has 1 heterocycles. The lowest BCUT2D eigenvalue weighted by Gasteiger charge is -2.30. The maximum absolute atomic E-state index is 11.9. The molecule has 0 saturated carbocycles. The highest BCUT2D eigenvalue weighted by Gasteiger charge is 2.50. The summed E-state index contributed by atoms with van der Waals surface area (Å²) in [5.41, 5.74) is -0.322. The molecular weight excluding hydrogens is 190 g/mol. The van der Waals surface area contributed by atoms with Crippen LogP contribution in [0.1, 0.15) is 39.5 Å². The Morgan fingerprint density at radius 1 is 1.53 bits per heavy atom. The highest BCUT2D eigenvalue weighted by Crippen LogP contribution is 2.39. The van der Waals surface area contributed by atoms with E-state index < -0.39 is 0 Å². The van der Waals surface area contributed by atoms with Crippen molar-refractivity contribution in [1.82, 2.24) is 5.32 Å². The SMILES string of the molecule is C=CN[C@@H]1COC(=O)C1(CCC)CCC. The maximum Gasteiger partial charge on any atom is 0.314 e. The van der Waals surface area contributed by atoms with Crippen molar-refractivity contribution in [2.75, 3.05) is 6.61 Å². The zero-order valence-corrected chi connectivity index (χ0v) is 9.71. The maximum atomic E-state index is 11.9. The number of carbonyl (C=O) groups is 1. The molecule has 0 aliphatic carbocycles. The number of carbonyl (C=O) groups excluding carboxylic acids is 1. The van der Waals surface area contributed by atoms with Gasteiger partial charge in [-0.05, 0) is 19.0 Å². The molecule has 0 spiro atoms. The summed E-state index contributed by atoms with van der Waals surface area (Å²) in [5.74, 6) is -0.0365. The lowest BCUT2D eigenvalue weighted by molar-refractivity contribution is -0.147. The molecule has 0 bridgehead atoms. The van der Waals surface area contributed by atoms with E-state index in [2.05, 4.69) is 25.7 Å². The Hall–Kier alpha value is -0.990. The third-order valence-corrected chi connectivity index (χ3v) is 3.17. The molecule has 0 radical (unpaired) electrons. The molecule has 3 nitrogen and oxygen atoms in total. The molecule has 15 heavy (non-hydrogen) atoms. The standard InChI is InChI=1S/C12H21NO2/c1-4-7-12(8-5-2)10(13-6-3)9-15-11(12)14/h6,10,13H,3-5,7-9H2,1-2H3/t10-/m1/s1. The van der Waals surface area contributed by atoms with Gasteiger partial charge in [0.2, 0.25) is 0 Å². The van der Waals surface area contributed by atoms with E-state index in [9.17, 15) is 4.79 Å². The smallest absolute Gasteiger partial charge is 0.314 e. The number of rotatable bonds is 6. The van der Waals surface area contributed by atoms with Crippen LogP contribution in [-0.2, 0) is 9.53 Å². The van der Waals surface area contributed by atoms with Gasteiger partial charge in [0.1, 0.15) is 6.61 Å². The average molecular weight is 211 g/mol. The van der Waals surface area contributed by atoms with Gasteiger partial charge in [0.25, 0.3) is 0 Å². The molecule has 1 N–H and O–H groups in total. The van der Waals surface area contributed by atoms with Gasteiger partial charge in [0.15, 0.2) is 0 Å². The van der Waals surface area contributed by atoms with E-state index in [-0.39, 0.29) is 17.4 Å². The van der Waals surface area contributed by atoms with E-state index >= 15 is 0 Å². The Morgan fingerprint density at radius 2 is 2.13 bits per heavy atom. The number of cyclic esters (lactones) is 1. The van der Waals surface area contributed by atoms with Crippen molar-refractivity contribution in [3.8, 4) is 0 Å². The van der Waals surface area contributed by atoms with Crippen molar-refractivity contribution >= 4 is 5.97 Å². The second kappa shape index (κ2) is 5.19. The number of ether oxygens (including phenoxy) is 1. The molecule has 1 atom stereocenters. The van der Waals surface area contributed by atoms with Gasteiger partial charge >= 0.3 is 5.97 Å². The number of hydrogen-bond donors (Lipinski definition) is 1. The fourth-order valence-electron chi connectivity index (χ4n) is 2.52. The predicted octanol–water partition coefficient (Wildman–Crippen LogP) is 2.23. The molecule has 1 fully saturated rings. The summed E-state index contributed by atoms with van der Waals surface area (Å²) in [5, 5.41) is 3.15. The fraction of sp³-hybridized carbons (Fsp3) is 0.750. The molecule has 1 aliphatic heterocycles. The van der Waals surface area contributed by atoms with Crippen molar-refractivity contribution in [2.24, 2.45) is 5.41 Å². The van der Waals surface area contributed by atoms with Crippen LogP contribution in [0, 0.1) is 5.41 Å². The molecule has 0 aromatic rings. The molecule has 1 rings (SSSR count). The van der Waals surface area contributed by atoms with Crippen LogP contribution in [0.3, 0.4) is 0 Å². The third-order valence-electron chi connectivity index (χ3n) is 3.17. The first kappa shape index (κ1) is 12.1. The van der Waals surface area contributed by atoms with E-state index in [0.29, 0.717) is 6.61 Å². The van der Waals surface area contributed by atoms with Crippen molar-refractivity contribution in [3.63, 3.8) is 0 Å². The quantitative estimate of drug-likeness (QED) is 0.685. The molecule has 3 heteroatoms. The van der Waals surface area contributed by atoms with E-state index in [1.807, 2.05) is 0 Å². The summed E-state index contributed by atoms with van der Waals surface area (Å²) in [6.45, 7) is 8.34. The molecule has 86 valence electrons. The normalized spacial score (nSPS) is 23.6. The third kappa shape index (κ3) is 2.16. The van der Waals surface area contributed by atoms with Gasteiger partial charge in [0, 0.05) is 0 Å². The summed E-state index contributed by atoms with van der Waals surface area (Å²) >= 11 is 0. The van der Waals surface area contributed by atoms with Crippen LogP contribution in [-0.4, -0.2) is 18.6 Å². The minimum atomic E-state index is -0.322. The molecule has 1 aliphatic rings. The van der Waals surface area contributed by atoms with Crippen LogP contribution in [0.25, 0.3) is 0 Å². The Morgan fingerprint density at radius 3 is 2.60 bits per heavy atom. The number of esters is 1.